The second kappa shape index (κ2) is 4.94. The van der Waals surface area contributed by atoms with Crippen LogP contribution in [0.1, 0.15) is 12.0 Å². The second-order valence-corrected chi connectivity index (χ2v) is 6.16. The van der Waals surface area contributed by atoms with Gasteiger partial charge in [0.05, 0.1) is 25.2 Å². The van der Waals surface area contributed by atoms with Crippen LogP contribution in [0, 0.1) is 23.7 Å². The van der Waals surface area contributed by atoms with Crippen LogP contribution in [0.2, 0.25) is 0 Å². The number of rotatable bonds is 3. The summed E-state index contributed by atoms with van der Waals surface area (Å²) in [4.78, 5) is 25.0. The zero-order valence-electron chi connectivity index (χ0n) is 12.5. The lowest BCUT2D eigenvalue weighted by molar-refractivity contribution is -0.140. The maximum Gasteiger partial charge on any atom is 0.254 e. The Balaban J connectivity index is 1.58. The Kier molecular flexibility index (Phi) is 3.01. The Morgan fingerprint density at radius 2 is 1.87 bits per heavy atom. The molecule has 6 nitrogen and oxygen atoms in total. The van der Waals surface area contributed by atoms with Crippen molar-refractivity contribution >= 4 is 18.0 Å². The van der Waals surface area contributed by atoms with E-state index in [1.165, 1.54) is 19.4 Å². The summed E-state index contributed by atoms with van der Waals surface area (Å²) in [5.41, 5.74) is 0.637. The van der Waals surface area contributed by atoms with Crippen molar-refractivity contribution in [1.29, 1.82) is 0 Å². The molecule has 1 aliphatic heterocycles. The van der Waals surface area contributed by atoms with Gasteiger partial charge in [-0.05, 0) is 42.0 Å². The average Bonchev–Trinajstić information content (AvgIpc) is 3.22. The van der Waals surface area contributed by atoms with Crippen molar-refractivity contribution in [1.82, 2.24) is 5.01 Å². The fourth-order valence-corrected chi connectivity index (χ4v) is 3.90. The van der Waals surface area contributed by atoms with Gasteiger partial charge in [0.15, 0.2) is 11.5 Å². The third kappa shape index (κ3) is 1.98. The molecule has 1 heterocycles. The van der Waals surface area contributed by atoms with Gasteiger partial charge < -0.3 is 9.84 Å². The molecule has 0 aromatic heterocycles. The number of carbonyl (C=O) groups excluding carboxylic acids is 2. The first-order valence-corrected chi connectivity index (χ1v) is 7.57. The highest BCUT2D eigenvalue weighted by atomic mass is 16.5. The van der Waals surface area contributed by atoms with Crippen molar-refractivity contribution in [2.75, 3.05) is 7.11 Å². The zero-order chi connectivity index (χ0) is 16.1. The van der Waals surface area contributed by atoms with Crippen molar-refractivity contribution in [3.63, 3.8) is 0 Å². The minimum absolute atomic E-state index is 0.0233. The van der Waals surface area contributed by atoms with Crippen LogP contribution in [0.15, 0.2) is 35.5 Å². The quantitative estimate of drug-likeness (QED) is 0.522. The Morgan fingerprint density at radius 1 is 1.22 bits per heavy atom. The molecular weight excluding hydrogens is 296 g/mol. The lowest BCUT2D eigenvalue weighted by Crippen LogP contribution is -2.28. The molecule has 0 spiro atoms. The van der Waals surface area contributed by atoms with E-state index in [0.717, 1.165) is 11.4 Å². The molecule has 1 N–H and O–H groups in total. The molecule has 2 fully saturated rings. The van der Waals surface area contributed by atoms with Crippen molar-refractivity contribution in [3.05, 3.63) is 35.9 Å². The molecule has 6 heteroatoms. The summed E-state index contributed by atoms with van der Waals surface area (Å²) in [5, 5.41) is 14.7. The molecule has 1 aromatic rings. The van der Waals surface area contributed by atoms with Gasteiger partial charge in [-0.25, -0.2) is 0 Å². The molecule has 2 bridgehead atoms. The molecule has 3 aliphatic rings. The molecule has 23 heavy (non-hydrogen) atoms. The van der Waals surface area contributed by atoms with Gasteiger partial charge in [0.25, 0.3) is 11.8 Å². The average molecular weight is 312 g/mol. The van der Waals surface area contributed by atoms with E-state index in [4.69, 9.17) is 4.74 Å². The van der Waals surface area contributed by atoms with Crippen LogP contribution in [0.5, 0.6) is 11.5 Å². The Bertz CT molecular complexity index is 725. The number of hydrazone groups is 1. The first kappa shape index (κ1) is 14.0. The van der Waals surface area contributed by atoms with Crippen molar-refractivity contribution < 1.29 is 19.4 Å². The predicted molar refractivity (Wildman–Crippen MR) is 81.8 cm³/mol. The highest BCUT2D eigenvalue weighted by molar-refractivity contribution is 6.06. The summed E-state index contributed by atoms with van der Waals surface area (Å²) >= 11 is 0. The van der Waals surface area contributed by atoms with Crippen molar-refractivity contribution in [2.24, 2.45) is 28.8 Å². The smallest absolute Gasteiger partial charge is 0.254 e. The predicted octanol–water partition coefficient (Wildman–Crippen LogP) is 1.54. The normalized spacial score (nSPS) is 31.4. The maximum absolute atomic E-state index is 12.5. The number of aromatic hydroxyl groups is 1. The van der Waals surface area contributed by atoms with Crippen LogP contribution in [0.3, 0.4) is 0 Å². The van der Waals surface area contributed by atoms with Crippen LogP contribution in [-0.4, -0.2) is 35.3 Å². The van der Waals surface area contributed by atoms with E-state index >= 15 is 0 Å². The highest BCUT2D eigenvalue weighted by Gasteiger charge is 2.59. The van der Waals surface area contributed by atoms with Gasteiger partial charge in [-0.2, -0.15) is 10.1 Å². The summed E-state index contributed by atoms with van der Waals surface area (Å²) in [6, 6.07) is 4.71. The van der Waals surface area contributed by atoms with E-state index < -0.39 is 0 Å². The standard InChI is InChI=1S/C17H16N2O4/c1-23-13-6-9(2-5-12(13)20)8-18-19-16(21)14-10-3-4-11(7-10)15(14)17(19)22/h2-6,8,10-11,14-15,20H,7H2,1H3/b18-8+/t10-,11+,14-,15+. The van der Waals surface area contributed by atoms with Crippen LogP contribution < -0.4 is 4.74 Å². The number of hydrogen-bond acceptors (Lipinski definition) is 5. The molecule has 2 aliphatic carbocycles. The Morgan fingerprint density at radius 3 is 2.48 bits per heavy atom. The molecule has 1 aromatic carbocycles. The highest BCUT2D eigenvalue weighted by Crippen LogP contribution is 2.52. The molecule has 4 rings (SSSR count). The number of phenolic OH excluding ortho intramolecular Hbond substituents is 1. The zero-order valence-corrected chi connectivity index (χ0v) is 12.5. The third-order valence-corrected chi connectivity index (χ3v) is 4.97. The number of carbonyl (C=O) groups is 2. The van der Waals surface area contributed by atoms with Gasteiger partial charge in [-0.1, -0.05) is 12.2 Å². The van der Waals surface area contributed by atoms with Gasteiger partial charge in [0.1, 0.15) is 0 Å². The topological polar surface area (TPSA) is 79.2 Å². The number of benzene rings is 1. The van der Waals surface area contributed by atoms with Gasteiger partial charge in [0.2, 0.25) is 0 Å². The molecule has 118 valence electrons. The lowest BCUT2D eigenvalue weighted by Gasteiger charge is -2.13. The molecule has 4 atom stereocenters. The van der Waals surface area contributed by atoms with Crippen molar-refractivity contribution in [3.8, 4) is 11.5 Å². The second-order valence-electron chi connectivity index (χ2n) is 6.16. The fraction of sp³-hybridized carbons (Fsp3) is 0.353. The molecule has 2 amide bonds. The third-order valence-electron chi connectivity index (χ3n) is 4.97. The maximum atomic E-state index is 12.5. The minimum Gasteiger partial charge on any atom is -0.504 e. The Hall–Kier alpha value is -2.63. The first-order valence-electron chi connectivity index (χ1n) is 7.57. The number of phenols is 1. The molecule has 1 saturated heterocycles. The van der Waals surface area contributed by atoms with Crippen LogP contribution >= 0.6 is 0 Å². The van der Waals surface area contributed by atoms with Gasteiger partial charge in [-0.15, -0.1) is 0 Å². The largest absolute Gasteiger partial charge is 0.504 e. The van der Waals surface area contributed by atoms with E-state index in [9.17, 15) is 14.7 Å². The van der Waals surface area contributed by atoms with Gasteiger partial charge >= 0.3 is 0 Å². The van der Waals surface area contributed by atoms with Crippen LogP contribution in [0.4, 0.5) is 0 Å². The van der Waals surface area contributed by atoms with Crippen LogP contribution in [-0.2, 0) is 9.59 Å². The number of imide groups is 1. The summed E-state index contributed by atoms with van der Waals surface area (Å²) in [7, 11) is 1.45. The van der Waals surface area contributed by atoms with E-state index in [0.29, 0.717) is 11.3 Å². The van der Waals surface area contributed by atoms with E-state index in [-0.39, 0.29) is 41.2 Å². The summed E-state index contributed by atoms with van der Waals surface area (Å²) in [5.74, 6) is -0.223. The minimum atomic E-state index is -0.246. The van der Waals surface area contributed by atoms with E-state index in [2.05, 4.69) is 17.3 Å². The molecule has 0 radical (unpaired) electrons. The number of hydrogen-bond donors (Lipinski definition) is 1. The monoisotopic (exact) mass is 312 g/mol. The SMILES string of the molecule is COc1cc(/C=N/N2C(=O)[C@@H]3[C@H](C2=O)[C@@H]2C=C[C@H]3C2)ccc1O. The Labute approximate surface area is 133 Å². The van der Waals surface area contributed by atoms with Gasteiger partial charge in [0, 0.05) is 0 Å². The summed E-state index contributed by atoms with van der Waals surface area (Å²) < 4.78 is 5.03. The number of allylic oxidation sites excluding steroid dienone is 2. The number of nitrogens with zero attached hydrogens (tertiary/aromatic N) is 2. The van der Waals surface area contributed by atoms with E-state index in [1.807, 2.05) is 0 Å². The summed E-state index contributed by atoms with van der Waals surface area (Å²) in [6.07, 6.45) is 6.44. The van der Waals surface area contributed by atoms with Crippen molar-refractivity contribution in [2.45, 2.75) is 6.42 Å². The number of ether oxygens (including phenoxy) is 1. The summed E-state index contributed by atoms with van der Waals surface area (Å²) in [6.45, 7) is 0. The van der Waals surface area contributed by atoms with Crippen LogP contribution in [0.25, 0.3) is 0 Å². The number of methoxy groups -OCH3 is 1. The molecule has 1 saturated carbocycles. The molecular formula is C17H16N2O4. The van der Waals surface area contributed by atoms with E-state index in [1.54, 1.807) is 12.1 Å². The number of fused-ring (bicyclic) bond motifs is 5. The number of amides is 2. The first-order chi connectivity index (χ1) is 11.1. The fourth-order valence-electron chi connectivity index (χ4n) is 3.90. The lowest BCUT2D eigenvalue weighted by atomic mass is 9.85. The van der Waals surface area contributed by atoms with Gasteiger partial charge in [-0.3, -0.25) is 9.59 Å². The molecule has 0 unspecified atom stereocenters.